The van der Waals surface area contributed by atoms with Crippen LogP contribution < -0.4 is 9.92 Å². The van der Waals surface area contributed by atoms with Crippen molar-refractivity contribution < 1.29 is 4.74 Å². The quantitative estimate of drug-likeness (QED) is 0.562. The van der Waals surface area contributed by atoms with Gasteiger partial charge in [-0.3, -0.25) is 0 Å². The third kappa shape index (κ3) is 4.53. The summed E-state index contributed by atoms with van der Waals surface area (Å²) in [6, 6.07) is 8.71. The van der Waals surface area contributed by atoms with Crippen molar-refractivity contribution >= 4 is 34.0 Å². The lowest BCUT2D eigenvalue weighted by molar-refractivity contribution is 0.257. The van der Waals surface area contributed by atoms with Crippen molar-refractivity contribution in [1.29, 1.82) is 0 Å². The molecule has 1 aromatic rings. The summed E-state index contributed by atoms with van der Waals surface area (Å²) >= 11 is 12.7. The average Bonchev–Trinajstić information content (AvgIpc) is 2.36. The molecule has 17 heavy (non-hydrogen) atoms. The van der Waals surface area contributed by atoms with Gasteiger partial charge in [0.2, 0.25) is 0 Å². The number of rotatable bonds is 6. The van der Waals surface area contributed by atoms with Crippen LogP contribution in [-0.4, -0.2) is 13.3 Å². The summed E-state index contributed by atoms with van der Waals surface area (Å²) < 4.78 is 5.74. The lowest BCUT2D eigenvalue weighted by Gasteiger charge is -2.16. The number of ether oxygens (including phenoxy) is 1. The minimum absolute atomic E-state index is 0.568. The summed E-state index contributed by atoms with van der Waals surface area (Å²) in [7, 11) is 0. The van der Waals surface area contributed by atoms with Crippen LogP contribution in [0.3, 0.4) is 0 Å². The molecule has 0 spiro atoms. The van der Waals surface area contributed by atoms with Gasteiger partial charge in [0.1, 0.15) is 5.75 Å². The van der Waals surface area contributed by atoms with Gasteiger partial charge in [-0.05, 0) is 29.3 Å². The zero-order valence-corrected chi connectivity index (χ0v) is 13.2. The fourth-order valence-electron chi connectivity index (χ4n) is 1.37. The smallest absolute Gasteiger partial charge is 0.280 e. The molecule has 0 amide bonds. The molecule has 4 heteroatoms. The molecule has 0 bridgehead atoms. The minimum Gasteiger partial charge on any atom is -0.493 e. The highest BCUT2D eigenvalue weighted by atomic mass is 35.7. The van der Waals surface area contributed by atoms with Crippen molar-refractivity contribution in [3.05, 3.63) is 24.3 Å². The van der Waals surface area contributed by atoms with E-state index in [0.717, 1.165) is 30.0 Å². The van der Waals surface area contributed by atoms with E-state index < -0.39 is 6.69 Å². The summed E-state index contributed by atoms with van der Waals surface area (Å²) in [5.41, 5.74) is 0. The van der Waals surface area contributed by atoms with Gasteiger partial charge < -0.3 is 4.74 Å². The maximum absolute atomic E-state index is 6.36. The molecule has 0 N–H and O–H groups in total. The van der Waals surface area contributed by atoms with E-state index in [9.17, 15) is 0 Å². The van der Waals surface area contributed by atoms with Gasteiger partial charge in [-0.15, -0.1) is 22.2 Å². The third-order valence-electron chi connectivity index (χ3n) is 2.93. The fourth-order valence-corrected chi connectivity index (χ4v) is 3.18. The van der Waals surface area contributed by atoms with Crippen LogP contribution in [-0.2, 0) is 0 Å². The van der Waals surface area contributed by atoms with Gasteiger partial charge >= 0.3 is 0 Å². The minimum atomic E-state index is -2.28. The maximum atomic E-state index is 6.36. The Bertz CT molecular complexity index is 355. The predicted molar refractivity (Wildman–Crippen MR) is 79.0 cm³/mol. The van der Waals surface area contributed by atoms with E-state index in [-0.39, 0.29) is 0 Å². The van der Waals surface area contributed by atoms with Crippen molar-refractivity contribution in [2.45, 2.75) is 33.2 Å². The Balaban J connectivity index is 2.73. The zero-order chi connectivity index (χ0) is 12.9. The monoisotopic (exact) mass is 290 g/mol. The Morgan fingerprint density at radius 2 is 2.00 bits per heavy atom. The van der Waals surface area contributed by atoms with Crippen LogP contribution in [0, 0.1) is 5.92 Å². The average molecular weight is 291 g/mol. The molecule has 1 nitrogen and oxygen atoms in total. The van der Waals surface area contributed by atoms with E-state index in [1.807, 2.05) is 31.2 Å². The number of hydrogen-bond donors (Lipinski definition) is 0. The summed E-state index contributed by atoms with van der Waals surface area (Å²) in [6.07, 6.45) is 1.12. The molecule has 0 saturated carbocycles. The molecule has 0 aliphatic rings. The largest absolute Gasteiger partial charge is 0.493 e. The van der Waals surface area contributed by atoms with Crippen LogP contribution in [0.1, 0.15) is 27.2 Å². The van der Waals surface area contributed by atoms with Crippen LogP contribution in [0.15, 0.2) is 24.3 Å². The molecule has 0 radical (unpaired) electrons. The second-order valence-corrected chi connectivity index (χ2v) is 11.6. The van der Waals surface area contributed by atoms with Crippen molar-refractivity contribution in [2.24, 2.45) is 5.92 Å². The van der Waals surface area contributed by atoms with Crippen LogP contribution >= 0.6 is 22.2 Å². The van der Waals surface area contributed by atoms with Crippen molar-refractivity contribution in [1.82, 2.24) is 0 Å². The Hall–Kier alpha value is -0.183. The van der Waals surface area contributed by atoms with E-state index >= 15 is 0 Å². The fraction of sp³-hybridized carbons (Fsp3) is 0.538. The SMILES string of the molecule is CC[C@H](C)COc1cccc([Si](Cl)(Cl)CC)c1. The highest BCUT2D eigenvalue weighted by molar-refractivity contribution is 7.50. The number of benzene rings is 1. The molecular formula is C13H20Cl2OSi. The molecule has 0 aliphatic heterocycles. The normalized spacial score (nSPS) is 13.5. The molecule has 0 aromatic heterocycles. The lowest BCUT2D eigenvalue weighted by atomic mass is 10.1. The predicted octanol–water partition coefficient (Wildman–Crippen LogP) is 4.26. The van der Waals surface area contributed by atoms with Crippen LogP contribution in [0.4, 0.5) is 0 Å². The summed E-state index contributed by atoms with van der Waals surface area (Å²) in [5.74, 6) is 1.44. The van der Waals surface area contributed by atoms with E-state index in [0.29, 0.717) is 5.92 Å². The summed E-state index contributed by atoms with van der Waals surface area (Å²) in [6.45, 7) is 4.83. The summed E-state index contributed by atoms with van der Waals surface area (Å²) in [5, 5.41) is 1.03. The Morgan fingerprint density at radius 1 is 1.29 bits per heavy atom. The third-order valence-corrected chi connectivity index (χ3v) is 7.89. The summed E-state index contributed by atoms with van der Waals surface area (Å²) in [4.78, 5) is 0. The lowest BCUT2D eigenvalue weighted by Crippen LogP contribution is -2.35. The van der Waals surface area contributed by atoms with Crippen LogP contribution in [0.5, 0.6) is 5.75 Å². The topological polar surface area (TPSA) is 9.23 Å². The molecule has 0 saturated heterocycles. The van der Waals surface area contributed by atoms with Crippen molar-refractivity contribution in [3.63, 3.8) is 0 Å². The first kappa shape index (κ1) is 14.9. The van der Waals surface area contributed by atoms with Crippen molar-refractivity contribution in [3.8, 4) is 5.75 Å². The van der Waals surface area contributed by atoms with Gasteiger partial charge in [-0.1, -0.05) is 39.3 Å². The number of hydrogen-bond acceptors (Lipinski definition) is 1. The van der Waals surface area contributed by atoms with E-state index in [1.165, 1.54) is 0 Å². The van der Waals surface area contributed by atoms with E-state index in [4.69, 9.17) is 26.9 Å². The first-order valence-corrected chi connectivity index (χ1v) is 10.3. The molecular weight excluding hydrogens is 271 g/mol. The van der Waals surface area contributed by atoms with Gasteiger partial charge in [-0.25, -0.2) is 0 Å². The van der Waals surface area contributed by atoms with E-state index in [1.54, 1.807) is 0 Å². The standard InChI is InChI=1S/C13H20Cl2OSi/c1-4-11(3)10-16-12-7-6-8-13(9-12)17(14,15)5-2/h6-9,11H,4-5,10H2,1-3H3/t11-/m0/s1. The van der Waals surface area contributed by atoms with Crippen LogP contribution in [0.25, 0.3) is 0 Å². The first-order chi connectivity index (χ1) is 7.99. The first-order valence-electron chi connectivity index (χ1n) is 6.10. The molecule has 96 valence electrons. The Kier molecular flexibility index (Phi) is 5.84. The van der Waals surface area contributed by atoms with Gasteiger partial charge in [0.15, 0.2) is 0 Å². The second kappa shape index (κ2) is 6.67. The van der Waals surface area contributed by atoms with Crippen molar-refractivity contribution in [2.75, 3.05) is 6.61 Å². The Morgan fingerprint density at radius 3 is 2.59 bits per heavy atom. The molecule has 0 heterocycles. The van der Waals surface area contributed by atoms with Crippen LogP contribution in [0.2, 0.25) is 6.04 Å². The molecule has 1 rings (SSSR count). The highest BCUT2D eigenvalue weighted by Gasteiger charge is 2.28. The van der Waals surface area contributed by atoms with Gasteiger partial charge in [0.25, 0.3) is 6.69 Å². The molecule has 1 aromatic carbocycles. The van der Waals surface area contributed by atoms with Gasteiger partial charge in [0.05, 0.1) is 6.61 Å². The van der Waals surface area contributed by atoms with Gasteiger partial charge in [-0.2, -0.15) is 0 Å². The second-order valence-electron chi connectivity index (χ2n) is 4.41. The van der Waals surface area contributed by atoms with E-state index in [2.05, 4.69) is 13.8 Å². The highest BCUT2D eigenvalue weighted by Crippen LogP contribution is 2.22. The maximum Gasteiger partial charge on any atom is 0.280 e. The number of halogens is 2. The molecule has 0 fully saturated rings. The zero-order valence-electron chi connectivity index (χ0n) is 10.7. The Labute approximate surface area is 114 Å². The molecule has 1 atom stereocenters. The van der Waals surface area contributed by atoms with Gasteiger partial charge in [0, 0.05) is 0 Å². The molecule has 0 unspecified atom stereocenters. The molecule has 0 aliphatic carbocycles.